The quantitative estimate of drug-likeness (QED) is 0.139. The van der Waals surface area contributed by atoms with Gasteiger partial charge in [0.15, 0.2) is 5.60 Å². The van der Waals surface area contributed by atoms with E-state index in [1.54, 1.807) is 20.3 Å². The molecule has 6 nitrogen and oxygen atoms in total. The molecule has 296 valence electrons. The predicted octanol–water partition coefficient (Wildman–Crippen LogP) is 11.5. The van der Waals surface area contributed by atoms with Crippen molar-refractivity contribution in [1.82, 2.24) is 0 Å². The number of fused-ring (bicyclic) bond motifs is 10. The first-order chi connectivity index (χ1) is 27.7. The van der Waals surface area contributed by atoms with Gasteiger partial charge in [0.25, 0.3) is 0 Å². The predicted molar refractivity (Wildman–Crippen MR) is 218 cm³/mol. The van der Waals surface area contributed by atoms with E-state index in [0.717, 1.165) is 112 Å². The monoisotopic (exact) mass is 775 g/mol. The van der Waals surface area contributed by atoms with Crippen LogP contribution in [-0.4, -0.2) is 47.1 Å². The number of unbranched alkanes of at least 4 members (excludes halogenated alkanes) is 1. The number of morpholine rings is 1. The number of rotatable bonds is 9. The summed E-state index contributed by atoms with van der Waals surface area (Å²) < 4.78 is 74.6. The van der Waals surface area contributed by atoms with Crippen LogP contribution in [0.25, 0.3) is 28.0 Å². The topological polar surface area (TPSA) is 49.4 Å². The molecule has 1 saturated heterocycles. The lowest BCUT2D eigenvalue weighted by atomic mass is 9.66. The maximum atomic E-state index is 14.5. The number of benzene rings is 5. The fraction of sp³-hybridized carbons (Fsp3) is 0.375. The minimum absolute atomic E-state index is 0.594. The van der Waals surface area contributed by atoms with E-state index in [1.807, 2.05) is 36.4 Å². The van der Waals surface area contributed by atoms with Gasteiger partial charge in [0.05, 0.1) is 45.3 Å². The molecule has 5 aromatic carbocycles. The van der Waals surface area contributed by atoms with Crippen molar-refractivity contribution in [3.05, 3.63) is 118 Å². The average molecular weight is 776 g/mol. The SMILES string of the molecule is CCCCOc1ccc(C2(c3ccc(OC)cc3)C=Cc3c4c(c5cc(N6CCOCC6)c(OC)cc5c3O2)-c2ccc(C(F)(F)F)cc2C42CCCCC2)cc1. The highest BCUT2D eigenvalue weighted by atomic mass is 19.4. The lowest BCUT2D eigenvalue weighted by Crippen LogP contribution is -2.36. The summed E-state index contributed by atoms with van der Waals surface area (Å²) in [6, 6.07) is 24.7. The van der Waals surface area contributed by atoms with Crippen molar-refractivity contribution in [3.8, 4) is 34.1 Å². The Balaban J connectivity index is 1.33. The van der Waals surface area contributed by atoms with Crippen molar-refractivity contribution >= 4 is 22.5 Å². The number of halogens is 3. The fourth-order valence-corrected chi connectivity index (χ4v) is 9.74. The molecule has 1 spiro atoms. The summed E-state index contributed by atoms with van der Waals surface area (Å²) in [6.45, 7) is 5.36. The van der Waals surface area contributed by atoms with E-state index in [-0.39, 0.29) is 0 Å². The van der Waals surface area contributed by atoms with Gasteiger partial charge in [-0.1, -0.05) is 69.0 Å². The van der Waals surface area contributed by atoms with Gasteiger partial charge in [-0.15, -0.1) is 0 Å². The van der Waals surface area contributed by atoms with Crippen molar-refractivity contribution in [2.75, 3.05) is 52.0 Å². The van der Waals surface area contributed by atoms with Crippen LogP contribution in [0.4, 0.5) is 18.9 Å². The highest BCUT2D eigenvalue weighted by Crippen LogP contribution is 2.63. The molecule has 5 aromatic rings. The first-order valence-corrected chi connectivity index (χ1v) is 20.2. The number of anilines is 1. The Hall–Kier alpha value is -5.15. The molecule has 0 aromatic heterocycles. The maximum Gasteiger partial charge on any atom is 0.416 e. The number of ether oxygens (including phenoxy) is 5. The second-order valence-corrected chi connectivity index (χ2v) is 15.7. The van der Waals surface area contributed by atoms with Crippen LogP contribution in [0.3, 0.4) is 0 Å². The van der Waals surface area contributed by atoms with Crippen LogP contribution < -0.4 is 23.8 Å². The molecular weight excluding hydrogens is 728 g/mol. The summed E-state index contributed by atoms with van der Waals surface area (Å²) in [4.78, 5) is 2.28. The summed E-state index contributed by atoms with van der Waals surface area (Å²) in [6.07, 6.45) is 6.26. The van der Waals surface area contributed by atoms with Crippen LogP contribution in [0.2, 0.25) is 0 Å². The average Bonchev–Trinajstić information content (AvgIpc) is 3.52. The smallest absolute Gasteiger partial charge is 0.416 e. The van der Waals surface area contributed by atoms with Gasteiger partial charge >= 0.3 is 6.18 Å². The first-order valence-electron chi connectivity index (χ1n) is 20.2. The number of nitrogens with zero attached hydrogens (tertiary/aromatic N) is 1. The number of alkyl halides is 3. The maximum absolute atomic E-state index is 14.5. The third-order valence-electron chi connectivity index (χ3n) is 12.6. The van der Waals surface area contributed by atoms with Gasteiger partial charge in [-0.3, -0.25) is 0 Å². The normalized spacial score (nSPS) is 19.5. The number of hydrogen-bond donors (Lipinski definition) is 0. The van der Waals surface area contributed by atoms with Gasteiger partial charge in [-0.25, -0.2) is 0 Å². The van der Waals surface area contributed by atoms with E-state index in [1.165, 1.54) is 12.1 Å². The van der Waals surface area contributed by atoms with Crippen LogP contribution in [0.15, 0.2) is 84.9 Å². The summed E-state index contributed by atoms with van der Waals surface area (Å²) in [5.41, 5.74) is 5.07. The number of hydrogen-bond acceptors (Lipinski definition) is 6. The molecule has 1 unspecified atom stereocenters. The van der Waals surface area contributed by atoms with Crippen LogP contribution in [0, 0.1) is 0 Å². The molecule has 0 bridgehead atoms. The van der Waals surface area contributed by atoms with Crippen LogP contribution >= 0.6 is 0 Å². The Morgan fingerprint density at radius 2 is 1.49 bits per heavy atom. The highest BCUT2D eigenvalue weighted by Gasteiger charge is 2.50. The summed E-state index contributed by atoms with van der Waals surface area (Å²) in [5.74, 6) is 2.90. The molecule has 2 aliphatic heterocycles. The van der Waals surface area contributed by atoms with E-state index in [9.17, 15) is 13.2 Å². The Labute approximate surface area is 332 Å². The zero-order chi connectivity index (χ0) is 39.4. The van der Waals surface area contributed by atoms with Crippen molar-refractivity contribution in [1.29, 1.82) is 0 Å². The summed E-state index contributed by atoms with van der Waals surface area (Å²) in [5, 5.41) is 1.78. The Bertz CT molecular complexity index is 2320. The standard InChI is InChI=1S/C48H48F3NO5/c1-4-5-25-56-35-16-11-32(12-17-35)47(31-9-14-34(53-2)15-10-31)22-19-37-44-43(36-18-13-33(48(49,50)51)28-40(36)46(44)20-7-6-8-21-46)38-29-41(52-23-26-55-27-24-52)42(54-3)30-39(38)45(37)57-47/h9-19,22,28-30H,4-8,20-21,23-27H2,1-3H3. The van der Waals surface area contributed by atoms with Crippen molar-refractivity contribution in [2.45, 2.75) is 69.1 Å². The largest absolute Gasteiger partial charge is 0.497 e. The molecule has 2 fully saturated rings. The zero-order valence-electron chi connectivity index (χ0n) is 32.8. The third-order valence-corrected chi connectivity index (χ3v) is 12.6. The van der Waals surface area contributed by atoms with Gasteiger partial charge < -0.3 is 28.6 Å². The van der Waals surface area contributed by atoms with E-state index in [2.05, 4.69) is 48.2 Å². The molecule has 1 atom stereocenters. The van der Waals surface area contributed by atoms with Crippen LogP contribution in [0.5, 0.6) is 23.0 Å². The van der Waals surface area contributed by atoms with Gasteiger partial charge in [-0.2, -0.15) is 13.2 Å². The lowest BCUT2D eigenvalue weighted by molar-refractivity contribution is -0.137. The second-order valence-electron chi connectivity index (χ2n) is 15.7. The molecule has 0 N–H and O–H groups in total. The Morgan fingerprint density at radius 3 is 2.14 bits per heavy atom. The van der Waals surface area contributed by atoms with E-state index in [4.69, 9.17) is 23.7 Å². The van der Waals surface area contributed by atoms with Crippen LogP contribution in [0.1, 0.15) is 85.3 Å². The Kier molecular flexibility index (Phi) is 9.62. The molecule has 57 heavy (non-hydrogen) atoms. The van der Waals surface area contributed by atoms with E-state index in [0.29, 0.717) is 44.4 Å². The lowest BCUT2D eigenvalue weighted by Gasteiger charge is -2.41. The molecule has 1 saturated carbocycles. The molecule has 9 rings (SSSR count). The van der Waals surface area contributed by atoms with Gasteiger partial charge in [0, 0.05) is 40.6 Å². The fourth-order valence-electron chi connectivity index (χ4n) is 9.74. The molecule has 2 aliphatic carbocycles. The zero-order valence-corrected chi connectivity index (χ0v) is 32.8. The number of methoxy groups -OCH3 is 2. The molecule has 2 heterocycles. The van der Waals surface area contributed by atoms with Gasteiger partial charge in [-0.05, 0) is 102 Å². The molecule has 0 radical (unpaired) electrons. The Morgan fingerprint density at radius 1 is 0.789 bits per heavy atom. The molecular formula is C48H48F3NO5. The van der Waals surface area contributed by atoms with E-state index >= 15 is 0 Å². The van der Waals surface area contributed by atoms with Crippen molar-refractivity contribution in [3.63, 3.8) is 0 Å². The first kappa shape index (κ1) is 37.4. The second kappa shape index (κ2) is 14.7. The highest BCUT2D eigenvalue weighted by molar-refractivity contribution is 6.10. The van der Waals surface area contributed by atoms with Crippen molar-refractivity contribution in [2.24, 2.45) is 0 Å². The minimum Gasteiger partial charge on any atom is -0.497 e. The summed E-state index contributed by atoms with van der Waals surface area (Å²) >= 11 is 0. The molecule has 0 amide bonds. The molecule has 9 heteroatoms. The minimum atomic E-state index is -4.46. The van der Waals surface area contributed by atoms with Gasteiger partial charge in [0.2, 0.25) is 0 Å². The van der Waals surface area contributed by atoms with Gasteiger partial charge in [0.1, 0.15) is 23.0 Å². The summed E-state index contributed by atoms with van der Waals surface area (Å²) in [7, 11) is 3.33. The van der Waals surface area contributed by atoms with E-state index < -0.39 is 22.8 Å². The van der Waals surface area contributed by atoms with Crippen molar-refractivity contribution < 1.29 is 36.9 Å². The third kappa shape index (κ3) is 6.20. The molecule has 4 aliphatic rings. The van der Waals surface area contributed by atoms with Crippen LogP contribution in [-0.2, 0) is 21.9 Å².